The van der Waals surface area contributed by atoms with Gasteiger partial charge in [-0.1, -0.05) is 12.1 Å². The fraction of sp³-hybridized carbons (Fsp3) is 0.611. The van der Waals surface area contributed by atoms with Crippen LogP contribution in [0.1, 0.15) is 31.9 Å². The van der Waals surface area contributed by atoms with Crippen molar-refractivity contribution in [3.63, 3.8) is 0 Å². The number of nitrogens with zero attached hydrogens (tertiary/aromatic N) is 1. The Morgan fingerprint density at radius 1 is 1.30 bits per heavy atom. The van der Waals surface area contributed by atoms with Crippen LogP contribution in [0, 0.1) is 0 Å². The third-order valence-electron chi connectivity index (χ3n) is 4.41. The molecule has 5 nitrogen and oxygen atoms in total. The van der Waals surface area contributed by atoms with Crippen LogP contribution in [0.3, 0.4) is 0 Å². The number of benzene rings is 1. The smallest absolute Gasteiger partial charge is 0.410 e. The molecule has 2 aliphatic rings. The number of ether oxygens (including phenoxy) is 3. The van der Waals surface area contributed by atoms with E-state index < -0.39 is 5.60 Å². The lowest BCUT2D eigenvalue weighted by Crippen LogP contribution is -2.57. The number of fused-ring (bicyclic) bond motifs is 2. The number of carbonyl (C=O) groups excluding carboxylic acids is 1. The minimum atomic E-state index is -0.485. The van der Waals surface area contributed by atoms with Gasteiger partial charge in [-0.25, -0.2) is 4.79 Å². The number of hydrogen-bond acceptors (Lipinski definition) is 4. The topological polar surface area (TPSA) is 48.0 Å². The van der Waals surface area contributed by atoms with Gasteiger partial charge >= 0.3 is 6.09 Å². The van der Waals surface area contributed by atoms with Gasteiger partial charge in [0.2, 0.25) is 0 Å². The molecule has 1 saturated heterocycles. The second kappa shape index (κ2) is 6.04. The number of methoxy groups -OCH3 is 1. The van der Waals surface area contributed by atoms with E-state index in [0.29, 0.717) is 13.2 Å². The Bertz CT molecular complexity index is 593. The van der Waals surface area contributed by atoms with E-state index in [4.69, 9.17) is 14.2 Å². The van der Waals surface area contributed by atoms with Gasteiger partial charge in [0.1, 0.15) is 11.4 Å². The number of rotatable bonds is 1. The molecular weight excluding hydrogens is 294 g/mol. The first-order valence-corrected chi connectivity index (χ1v) is 8.15. The molecule has 0 aromatic heterocycles. The van der Waals surface area contributed by atoms with Crippen LogP contribution in [0.25, 0.3) is 0 Å². The summed E-state index contributed by atoms with van der Waals surface area (Å²) in [7, 11) is 1.69. The molecule has 2 atom stereocenters. The summed E-state index contributed by atoms with van der Waals surface area (Å²) >= 11 is 0. The molecule has 1 unspecified atom stereocenters. The normalized spacial score (nSPS) is 23.7. The Morgan fingerprint density at radius 2 is 2.09 bits per heavy atom. The van der Waals surface area contributed by atoms with Gasteiger partial charge in [0.25, 0.3) is 0 Å². The molecule has 5 heteroatoms. The molecule has 1 aliphatic carbocycles. The van der Waals surface area contributed by atoms with Crippen LogP contribution in [-0.2, 0) is 22.3 Å². The van der Waals surface area contributed by atoms with Crippen LogP contribution >= 0.6 is 0 Å². The Hall–Kier alpha value is -1.75. The highest BCUT2D eigenvalue weighted by Gasteiger charge is 2.41. The Labute approximate surface area is 137 Å². The zero-order valence-electron chi connectivity index (χ0n) is 14.3. The molecule has 0 bridgehead atoms. The molecule has 0 radical (unpaired) electrons. The van der Waals surface area contributed by atoms with Crippen LogP contribution in [0.15, 0.2) is 18.2 Å². The van der Waals surface area contributed by atoms with Gasteiger partial charge < -0.3 is 14.2 Å². The van der Waals surface area contributed by atoms with Crippen molar-refractivity contribution in [1.29, 1.82) is 0 Å². The van der Waals surface area contributed by atoms with Gasteiger partial charge in [0.15, 0.2) is 0 Å². The Kier molecular flexibility index (Phi) is 4.23. The zero-order valence-corrected chi connectivity index (χ0v) is 14.3. The predicted octanol–water partition coefficient (Wildman–Crippen LogP) is 2.80. The lowest BCUT2D eigenvalue weighted by Gasteiger charge is -2.44. The zero-order chi connectivity index (χ0) is 16.6. The molecule has 126 valence electrons. The van der Waals surface area contributed by atoms with E-state index in [1.54, 1.807) is 7.11 Å². The number of carbonyl (C=O) groups is 1. The average Bonchev–Trinajstić information content (AvgIpc) is 2.50. The lowest BCUT2D eigenvalue weighted by atomic mass is 9.84. The van der Waals surface area contributed by atoms with Gasteiger partial charge in [-0.15, -0.1) is 0 Å². The van der Waals surface area contributed by atoms with E-state index in [0.717, 1.165) is 18.6 Å². The summed E-state index contributed by atoms with van der Waals surface area (Å²) in [4.78, 5) is 14.4. The van der Waals surface area contributed by atoms with Crippen LogP contribution in [0.4, 0.5) is 4.79 Å². The highest BCUT2D eigenvalue weighted by atomic mass is 16.6. The molecular formula is C18H25NO4. The van der Waals surface area contributed by atoms with Crippen LogP contribution in [0.2, 0.25) is 0 Å². The molecule has 0 saturated carbocycles. The van der Waals surface area contributed by atoms with Gasteiger partial charge in [-0.2, -0.15) is 0 Å². The standard InChI is InChI=1S/C18H25NO4/c1-18(2,3)23-17(20)19-8-9-22-16-11-13-12(10-14(16)19)6-5-7-15(13)21-4/h5-7,14,16H,8-11H2,1-4H3/t14-,16?/m0/s1. The van der Waals surface area contributed by atoms with Crippen molar-refractivity contribution in [2.24, 2.45) is 0 Å². The van der Waals surface area contributed by atoms with E-state index >= 15 is 0 Å². The maximum Gasteiger partial charge on any atom is 0.410 e. The summed E-state index contributed by atoms with van der Waals surface area (Å²) in [5.41, 5.74) is 1.94. The second-order valence-electron chi connectivity index (χ2n) is 7.16. The summed E-state index contributed by atoms with van der Waals surface area (Å²) in [6.07, 6.45) is 1.29. The molecule has 1 aromatic carbocycles. The van der Waals surface area contributed by atoms with E-state index in [-0.39, 0.29) is 18.2 Å². The molecule has 1 aliphatic heterocycles. The first-order valence-electron chi connectivity index (χ1n) is 8.15. The van der Waals surface area contributed by atoms with Crippen LogP contribution in [-0.4, -0.2) is 49.0 Å². The van der Waals surface area contributed by atoms with Crippen molar-refractivity contribution < 1.29 is 19.0 Å². The molecule has 0 N–H and O–H groups in total. The molecule has 1 fully saturated rings. The number of amides is 1. The Balaban J connectivity index is 1.84. The lowest BCUT2D eigenvalue weighted by molar-refractivity contribution is -0.0783. The molecule has 3 rings (SSSR count). The molecule has 0 spiro atoms. The van der Waals surface area contributed by atoms with Crippen molar-refractivity contribution in [3.05, 3.63) is 29.3 Å². The second-order valence-corrected chi connectivity index (χ2v) is 7.16. The van der Waals surface area contributed by atoms with Crippen LogP contribution in [0.5, 0.6) is 5.75 Å². The third-order valence-corrected chi connectivity index (χ3v) is 4.41. The van der Waals surface area contributed by atoms with E-state index in [2.05, 4.69) is 6.07 Å². The largest absolute Gasteiger partial charge is 0.496 e. The molecule has 1 heterocycles. The minimum Gasteiger partial charge on any atom is -0.496 e. The highest BCUT2D eigenvalue weighted by molar-refractivity contribution is 5.69. The van der Waals surface area contributed by atoms with E-state index in [1.165, 1.54) is 11.1 Å². The first kappa shape index (κ1) is 16.1. The number of hydrogen-bond donors (Lipinski definition) is 0. The van der Waals surface area contributed by atoms with Gasteiger partial charge in [0, 0.05) is 18.5 Å². The average molecular weight is 319 g/mol. The molecule has 1 amide bonds. The SMILES string of the molecule is COc1cccc2c1CC1OCCN(C(=O)OC(C)(C)C)[C@H]1C2. The van der Waals surface area contributed by atoms with E-state index in [9.17, 15) is 4.79 Å². The Morgan fingerprint density at radius 3 is 2.78 bits per heavy atom. The van der Waals surface area contributed by atoms with Crippen molar-refractivity contribution >= 4 is 6.09 Å². The summed E-state index contributed by atoms with van der Waals surface area (Å²) in [5, 5.41) is 0. The van der Waals surface area contributed by atoms with Gasteiger partial charge in [0.05, 0.1) is 25.9 Å². The third kappa shape index (κ3) is 3.29. The maximum atomic E-state index is 12.5. The molecule has 23 heavy (non-hydrogen) atoms. The van der Waals surface area contributed by atoms with Crippen molar-refractivity contribution in [1.82, 2.24) is 4.90 Å². The fourth-order valence-corrected chi connectivity index (χ4v) is 3.42. The maximum absolute atomic E-state index is 12.5. The summed E-state index contributed by atoms with van der Waals surface area (Å²) < 4.78 is 17.0. The quantitative estimate of drug-likeness (QED) is 0.798. The van der Waals surface area contributed by atoms with Crippen molar-refractivity contribution in [2.45, 2.75) is 51.4 Å². The predicted molar refractivity (Wildman–Crippen MR) is 86.9 cm³/mol. The monoisotopic (exact) mass is 319 g/mol. The summed E-state index contributed by atoms with van der Waals surface area (Å²) in [6.45, 7) is 6.80. The highest BCUT2D eigenvalue weighted by Crippen LogP contribution is 2.34. The summed E-state index contributed by atoms with van der Waals surface area (Å²) in [6, 6.07) is 6.11. The van der Waals surface area contributed by atoms with E-state index in [1.807, 2.05) is 37.8 Å². The molecule has 1 aromatic rings. The van der Waals surface area contributed by atoms with Gasteiger partial charge in [-0.05, 0) is 38.8 Å². The minimum absolute atomic E-state index is 0.0000633. The number of morpholine rings is 1. The van der Waals surface area contributed by atoms with Crippen LogP contribution < -0.4 is 4.74 Å². The first-order chi connectivity index (χ1) is 10.9. The van der Waals surface area contributed by atoms with Crippen molar-refractivity contribution in [2.75, 3.05) is 20.3 Å². The summed E-state index contributed by atoms with van der Waals surface area (Å²) in [5.74, 6) is 0.902. The van der Waals surface area contributed by atoms with Crippen molar-refractivity contribution in [3.8, 4) is 5.75 Å². The van der Waals surface area contributed by atoms with Gasteiger partial charge in [-0.3, -0.25) is 4.90 Å². The fourth-order valence-electron chi connectivity index (χ4n) is 3.42.